The molecule has 1 nitrogen and oxygen atoms in total. The second-order valence-electron chi connectivity index (χ2n) is 4.65. The molecule has 0 saturated carbocycles. The van der Waals surface area contributed by atoms with Gasteiger partial charge in [0.2, 0.25) is 0 Å². The van der Waals surface area contributed by atoms with E-state index in [0.717, 1.165) is 18.0 Å². The van der Waals surface area contributed by atoms with E-state index in [0.29, 0.717) is 10.5 Å². The van der Waals surface area contributed by atoms with E-state index in [1.165, 1.54) is 12.5 Å². The van der Waals surface area contributed by atoms with E-state index in [9.17, 15) is 4.39 Å². The highest BCUT2D eigenvalue weighted by molar-refractivity contribution is 9.10. The summed E-state index contributed by atoms with van der Waals surface area (Å²) in [7, 11) is 0. The fourth-order valence-corrected chi connectivity index (χ4v) is 1.90. The third-order valence-corrected chi connectivity index (χ3v) is 3.12. The molecule has 1 unspecified atom stereocenters. The molecule has 0 aliphatic rings. The minimum Gasteiger partial charge on any atom is -0.383 e. The number of halogens is 2. The molecule has 90 valence electrons. The standard InChI is InChI=1S/C13H19BrFN/c1-9(2)4-5-10(3)16-11-6-7-13(15)12(14)8-11/h6-10,16H,4-5H2,1-3H3. The van der Waals surface area contributed by atoms with Crippen molar-refractivity contribution in [2.45, 2.75) is 39.7 Å². The summed E-state index contributed by atoms with van der Waals surface area (Å²) < 4.78 is 13.5. The molecular formula is C13H19BrFN. The van der Waals surface area contributed by atoms with Crippen LogP contribution in [0.1, 0.15) is 33.6 Å². The maximum absolute atomic E-state index is 13.0. The fraction of sp³-hybridized carbons (Fsp3) is 0.538. The average Bonchev–Trinajstić information content (AvgIpc) is 2.21. The second-order valence-corrected chi connectivity index (χ2v) is 5.50. The van der Waals surface area contributed by atoms with Crippen molar-refractivity contribution in [1.29, 1.82) is 0 Å². The lowest BCUT2D eigenvalue weighted by molar-refractivity contribution is 0.527. The van der Waals surface area contributed by atoms with Crippen molar-refractivity contribution in [3.63, 3.8) is 0 Å². The molecule has 0 aromatic heterocycles. The third-order valence-electron chi connectivity index (χ3n) is 2.51. The summed E-state index contributed by atoms with van der Waals surface area (Å²) in [6, 6.07) is 5.44. The number of anilines is 1. The monoisotopic (exact) mass is 287 g/mol. The topological polar surface area (TPSA) is 12.0 Å². The third kappa shape index (κ3) is 4.52. The minimum atomic E-state index is -0.222. The Kier molecular flexibility index (Phi) is 5.26. The Morgan fingerprint density at radius 3 is 2.50 bits per heavy atom. The maximum atomic E-state index is 13.0. The van der Waals surface area contributed by atoms with Gasteiger partial charge in [-0.2, -0.15) is 0 Å². The Morgan fingerprint density at radius 1 is 1.25 bits per heavy atom. The molecule has 1 atom stereocenters. The smallest absolute Gasteiger partial charge is 0.137 e. The minimum absolute atomic E-state index is 0.222. The number of hydrogen-bond acceptors (Lipinski definition) is 1. The Labute approximate surface area is 106 Å². The normalized spacial score (nSPS) is 12.9. The molecule has 0 bridgehead atoms. The molecule has 0 amide bonds. The average molecular weight is 288 g/mol. The van der Waals surface area contributed by atoms with Gasteiger partial charge in [-0.15, -0.1) is 0 Å². The van der Waals surface area contributed by atoms with Crippen molar-refractivity contribution in [2.75, 3.05) is 5.32 Å². The first kappa shape index (κ1) is 13.5. The van der Waals surface area contributed by atoms with Gasteiger partial charge in [0.15, 0.2) is 0 Å². The predicted molar refractivity (Wildman–Crippen MR) is 71.3 cm³/mol. The van der Waals surface area contributed by atoms with Crippen LogP contribution >= 0.6 is 15.9 Å². The zero-order chi connectivity index (χ0) is 12.1. The van der Waals surface area contributed by atoms with Crippen molar-refractivity contribution < 1.29 is 4.39 Å². The summed E-state index contributed by atoms with van der Waals surface area (Å²) in [5.41, 5.74) is 0.963. The lowest BCUT2D eigenvalue weighted by Gasteiger charge is -2.16. The Hall–Kier alpha value is -0.570. The van der Waals surface area contributed by atoms with Crippen LogP contribution in [0.15, 0.2) is 22.7 Å². The summed E-state index contributed by atoms with van der Waals surface area (Å²) in [5.74, 6) is 0.504. The van der Waals surface area contributed by atoms with Crippen LogP contribution in [0.4, 0.5) is 10.1 Å². The van der Waals surface area contributed by atoms with Gasteiger partial charge >= 0.3 is 0 Å². The Bertz CT molecular complexity index is 339. The highest BCUT2D eigenvalue weighted by Gasteiger charge is 2.05. The van der Waals surface area contributed by atoms with E-state index in [4.69, 9.17) is 0 Å². The van der Waals surface area contributed by atoms with E-state index in [2.05, 4.69) is 42.0 Å². The zero-order valence-electron chi connectivity index (χ0n) is 10.1. The van der Waals surface area contributed by atoms with Gasteiger partial charge in [-0.3, -0.25) is 0 Å². The molecule has 1 aromatic rings. The summed E-state index contributed by atoms with van der Waals surface area (Å²) in [5, 5.41) is 3.37. The van der Waals surface area contributed by atoms with Crippen molar-refractivity contribution in [3.8, 4) is 0 Å². The van der Waals surface area contributed by atoms with Crippen LogP contribution in [0.3, 0.4) is 0 Å². The number of rotatable bonds is 5. The molecule has 1 N–H and O–H groups in total. The molecule has 0 aliphatic carbocycles. The first-order chi connectivity index (χ1) is 7.49. The Balaban J connectivity index is 2.49. The summed E-state index contributed by atoms with van der Waals surface area (Å²) in [6.45, 7) is 6.60. The molecule has 16 heavy (non-hydrogen) atoms. The van der Waals surface area contributed by atoms with E-state index >= 15 is 0 Å². The van der Waals surface area contributed by atoms with E-state index < -0.39 is 0 Å². The van der Waals surface area contributed by atoms with Gasteiger partial charge in [-0.05, 0) is 59.8 Å². The summed E-state index contributed by atoms with van der Waals surface area (Å²) in [6.07, 6.45) is 2.34. The lowest BCUT2D eigenvalue weighted by atomic mass is 10.0. The van der Waals surface area contributed by atoms with Crippen LogP contribution in [0.25, 0.3) is 0 Å². The molecule has 0 fully saturated rings. The second kappa shape index (κ2) is 6.24. The zero-order valence-corrected chi connectivity index (χ0v) is 11.6. The number of hydrogen-bond donors (Lipinski definition) is 1. The van der Waals surface area contributed by atoms with Gasteiger partial charge in [0.05, 0.1) is 4.47 Å². The first-order valence-electron chi connectivity index (χ1n) is 5.70. The van der Waals surface area contributed by atoms with Crippen molar-refractivity contribution in [2.24, 2.45) is 5.92 Å². The first-order valence-corrected chi connectivity index (χ1v) is 6.50. The number of benzene rings is 1. The largest absolute Gasteiger partial charge is 0.383 e. The molecular weight excluding hydrogens is 269 g/mol. The predicted octanol–water partition coefficient (Wildman–Crippen LogP) is 4.82. The maximum Gasteiger partial charge on any atom is 0.137 e. The highest BCUT2D eigenvalue weighted by Crippen LogP contribution is 2.21. The fourth-order valence-electron chi connectivity index (χ4n) is 1.53. The van der Waals surface area contributed by atoms with Crippen molar-refractivity contribution in [3.05, 3.63) is 28.5 Å². The van der Waals surface area contributed by atoms with E-state index in [-0.39, 0.29) is 5.82 Å². The number of nitrogens with one attached hydrogen (secondary N) is 1. The van der Waals surface area contributed by atoms with Crippen LogP contribution < -0.4 is 5.32 Å². The van der Waals surface area contributed by atoms with Gasteiger partial charge < -0.3 is 5.32 Å². The van der Waals surface area contributed by atoms with E-state index in [1.54, 1.807) is 12.1 Å². The van der Waals surface area contributed by atoms with Gasteiger partial charge in [0, 0.05) is 11.7 Å². The van der Waals surface area contributed by atoms with Gasteiger partial charge in [-0.25, -0.2) is 4.39 Å². The molecule has 1 aromatic carbocycles. The Morgan fingerprint density at radius 2 is 1.94 bits per heavy atom. The molecule has 1 rings (SSSR count). The van der Waals surface area contributed by atoms with Crippen LogP contribution in [0.5, 0.6) is 0 Å². The summed E-state index contributed by atoms with van der Waals surface area (Å²) in [4.78, 5) is 0. The molecule has 0 saturated heterocycles. The molecule has 3 heteroatoms. The lowest BCUT2D eigenvalue weighted by Crippen LogP contribution is -2.15. The van der Waals surface area contributed by atoms with Gasteiger partial charge in [-0.1, -0.05) is 13.8 Å². The van der Waals surface area contributed by atoms with Crippen LogP contribution in [-0.2, 0) is 0 Å². The van der Waals surface area contributed by atoms with Gasteiger partial charge in [0.1, 0.15) is 5.82 Å². The molecule has 0 aliphatic heterocycles. The van der Waals surface area contributed by atoms with Crippen molar-refractivity contribution in [1.82, 2.24) is 0 Å². The van der Waals surface area contributed by atoms with Crippen LogP contribution in [-0.4, -0.2) is 6.04 Å². The van der Waals surface area contributed by atoms with Gasteiger partial charge in [0.25, 0.3) is 0 Å². The SMILES string of the molecule is CC(C)CCC(C)Nc1ccc(F)c(Br)c1. The highest BCUT2D eigenvalue weighted by atomic mass is 79.9. The van der Waals surface area contributed by atoms with Crippen molar-refractivity contribution >= 4 is 21.6 Å². The quantitative estimate of drug-likeness (QED) is 0.818. The summed E-state index contributed by atoms with van der Waals surface area (Å²) >= 11 is 3.18. The van der Waals surface area contributed by atoms with Crippen LogP contribution in [0.2, 0.25) is 0 Å². The molecule has 0 radical (unpaired) electrons. The molecule has 0 heterocycles. The van der Waals surface area contributed by atoms with E-state index in [1.807, 2.05) is 0 Å². The molecule has 0 spiro atoms. The van der Waals surface area contributed by atoms with Crippen LogP contribution in [0, 0.1) is 11.7 Å².